The van der Waals surface area contributed by atoms with Crippen LogP contribution in [0.4, 0.5) is 0 Å². The SMILES string of the molecule is CC(C)(O)c1ccc(C2CCC(C(C)(C)C)CC2)cc1. The van der Waals surface area contributed by atoms with E-state index < -0.39 is 5.60 Å². The summed E-state index contributed by atoms with van der Waals surface area (Å²) in [7, 11) is 0. The van der Waals surface area contributed by atoms with Crippen molar-refractivity contribution < 1.29 is 5.11 Å². The zero-order chi connectivity index (χ0) is 15.0. The number of rotatable bonds is 2. The topological polar surface area (TPSA) is 20.2 Å². The van der Waals surface area contributed by atoms with Gasteiger partial charge in [-0.2, -0.15) is 0 Å². The first kappa shape index (κ1) is 15.6. The molecule has 1 aliphatic rings. The second kappa shape index (κ2) is 5.52. The summed E-state index contributed by atoms with van der Waals surface area (Å²) in [5.74, 6) is 1.58. The summed E-state index contributed by atoms with van der Waals surface area (Å²) in [5.41, 5.74) is 2.17. The number of aliphatic hydroxyl groups is 1. The number of benzene rings is 1. The van der Waals surface area contributed by atoms with Gasteiger partial charge < -0.3 is 5.11 Å². The minimum absolute atomic E-state index is 0.454. The molecule has 1 aromatic rings. The van der Waals surface area contributed by atoms with Crippen molar-refractivity contribution in [2.45, 2.75) is 71.8 Å². The van der Waals surface area contributed by atoms with E-state index in [-0.39, 0.29) is 0 Å². The Labute approximate surface area is 124 Å². The predicted molar refractivity (Wildman–Crippen MR) is 85.8 cm³/mol. The van der Waals surface area contributed by atoms with Gasteiger partial charge in [-0.25, -0.2) is 0 Å². The molecule has 1 saturated carbocycles. The highest BCUT2D eigenvalue weighted by atomic mass is 16.3. The highest BCUT2D eigenvalue weighted by Crippen LogP contribution is 2.43. The summed E-state index contributed by atoms with van der Waals surface area (Å²) in [6.07, 6.45) is 5.32. The lowest BCUT2D eigenvalue weighted by Gasteiger charge is -2.37. The smallest absolute Gasteiger partial charge is 0.0840 e. The van der Waals surface area contributed by atoms with E-state index in [4.69, 9.17) is 0 Å². The van der Waals surface area contributed by atoms with Crippen LogP contribution in [0.1, 0.15) is 77.3 Å². The van der Waals surface area contributed by atoms with Crippen molar-refractivity contribution in [1.29, 1.82) is 0 Å². The van der Waals surface area contributed by atoms with Crippen molar-refractivity contribution in [1.82, 2.24) is 0 Å². The maximum atomic E-state index is 10.0. The minimum Gasteiger partial charge on any atom is -0.386 e. The lowest BCUT2D eigenvalue weighted by Crippen LogP contribution is -2.25. The molecule has 0 bridgehead atoms. The standard InChI is InChI=1S/C19H30O/c1-18(2,3)16-10-6-14(7-11-16)15-8-12-17(13-9-15)19(4,5)20/h8-9,12-14,16,20H,6-7,10-11H2,1-5H3. The molecule has 0 spiro atoms. The van der Waals surface area contributed by atoms with E-state index in [1.165, 1.54) is 31.2 Å². The van der Waals surface area contributed by atoms with Crippen LogP contribution in [-0.4, -0.2) is 5.11 Å². The lowest BCUT2D eigenvalue weighted by molar-refractivity contribution is 0.0785. The minimum atomic E-state index is -0.734. The summed E-state index contributed by atoms with van der Waals surface area (Å²) in [6.45, 7) is 10.8. The quantitative estimate of drug-likeness (QED) is 0.782. The summed E-state index contributed by atoms with van der Waals surface area (Å²) in [5, 5.41) is 10.0. The molecule has 0 unspecified atom stereocenters. The fraction of sp³-hybridized carbons (Fsp3) is 0.684. The first-order chi connectivity index (χ1) is 9.18. The van der Waals surface area contributed by atoms with Crippen molar-refractivity contribution in [3.8, 4) is 0 Å². The molecule has 112 valence electrons. The highest BCUT2D eigenvalue weighted by Gasteiger charge is 2.30. The van der Waals surface area contributed by atoms with Crippen LogP contribution in [0.15, 0.2) is 24.3 Å². The Morgan fingerprint density at radius 3 is 1.75 bits per heavy atom. The van der Waals surface area contributed by atoms with Crippen LogP contribution in [-0.2, 0) is 5.60 Å². The molecule has 0 saturated heterocycles. The Hall–Kier alpha value is -0.820. The van der Waals surface area contributed by atoms with Gasteiger partial charge >= 0.3 is 0 Å². The van der Waals surface area contributed by atoms with Crippen LogP contribution in [0, 0.1) is 11.3 Å². The summed E-state index contributed by atoms with van der Waals surface area (Å²) < 4.78 is 0. The molecule has 1 heteroatoms. The molecule has 1 N–H and O–H groups in total. The van der Waals surface area contributed by atoms with Crippen LogP contribution in [0.5, 0.6) is 0 Å². The molecule has 0 amide bonds. The van der Waals surface area contributed by atoms with Gasteiger partial charge in [0, 0.05) is 0 Å². The maximum absolute atomic E-state index is 10.0. The van der Waals surface area contributed by atoms with Crippen molar-refractivity contribution in [3.63, 3.8) is 0 Å². The van der Waals surface area contributed by atoms with Crippen molar-refractivity contribution in [3.05, 3.63) is 35.4 Å². The van der Waals surface area contributed by atoms with E-state index in [0.717, 1.165) is 11.5 Å². The van der Waals surface area contributed by atoms with Gasteiger partial charge in [-0.3, -0.25) is 0 Å². The third-order valence-electron chi connectivity index (χ3n) is 5.04. The zero-order valence-electron chi connectivity index (χ0n) is 13.7. The molecule has 0 heterocycles. The Kier molecular flexibility index (Phi) is 4.30. The molecular weight excluding hydrogens is 244 g/mol. The van der Waals surface area contributed by atoms with Gasteiger partial charge in [-0.05, 0) is 67.9 Å². The molecule has 0 aliphatic heterocycles. The molecule has 0 atom stereocenters. The lowest BCUT2D eigenvalue weighted by atomic mass is 9.68. The Balaban J connectivity index is 2.01. The van der Waals surface area contributed by atoms with Gasteiger partial charge in [0.1, 0.15) is 0 Å². The summed E-state index contributed by atoms with van der Waals surface area (Å²) in [4.78, 5) is 0. The molecule has 0 aromatic heterocycles. The fourth-order valence-electron chi connectivity index (χ4n) is 3.46. The number of hydrogen-bond donors (Lipinski definition) is 1. The van der Waals surface area contributed by atoms with Gasteiger partial charge in [0.15, 0.2) is 0 Å². The zero-order valence-corrected chi connectivity index (χ0v) is 13.7. The fourth-order valence-corrected chi connectivity index (χ4v) is 3.46. The predicted octanol–water partition coefficient (Wildman–Crippen LogP) is 5.23. The van der Waals surface area contributed by atoms with E-state index in [1.54, 1.807) is 0 Å². The molecule has 0 radical (unpaired) electrons. The third kappa shape index (κ3) is 3.63. The van der Waals surface area contributed by atoms with Gasteiger partial charge in [-0.1, -0.05) is 45.0 Å². The normalized spacial score (nSPS) is 24.7. The van der Waals surface area contributed by atoms with E-state index in [9.17, 15) is 5.11 Å². The monoisotopic (exact) mass is 274 g/mol. The third-order valence-corrected chi connectivity index (χ3v) is 5.04. The number of hydrogen-bond acceptors (Lipinski definition) is 1. The summed E-state index contributed by atoms with van der Waals surface area (Å²) in [6, 6.07) is 8.61. The van der Waals surface area contributed by atoms with Crippen LogP contribution >= 0.6 is 0 Å². The molecule has 1 aliphatic carbocycles. The average molecular weight is 274 g/mol. The maximum Gasteiger partial charge on any atom is 0.0840 e. The molecule has 1 nitrogen and oxygen atoms in total. The van der Waals surface area contributed by atoms with E-state index in [0.29, 0.717) is 11.3 Å². The second-order valence-corrected chi connectivity index (χ2v) is 8.10. The van der Waals surface area contributed by atoms with Crippen LogP contribution in [0.3, 0.4) is 0 Å². The van der Waals surface area contributed by atoms with Gasteiger partial charge in [-0.15, -0.1) is 0 Å². The van der Waals surface area contributed by atoms with Crippen LogP contribution in [0.2, 0.25) is 0 Å². The molecule has 1 fully saturated rings. The van der Waals surface area contributed by atoms with Gasteiger partial charge in [0.2, 0.25) is 0 Å². The first-order valence-electron chi connectivity index (χ1n) is 8.01. The van der Waals surface area contributed by atoms with Gasteiger partial charge in [0.05, 0.1) is 5.60 Å². The van der Waals surface area contributed by atoms with Crippen molar-refractivity contribution >= 4 is 0 Å². The Morgan fingerprint density at radius 1 is 0.850 bits per heavy atom. The van der Waals surface area contributed by atoms with E-state index in [1.807, 2.05) is 13.8 Å². The molecular formula is C19H30O. The first-order valence-corrected chi connectivity index (χ1v) is 8.01. The largest absolute Gasteiger partial charge is 0.386 e. The Bertz CT molecular complexity index is 422. The summed E-state index contributed by atoms with van der Waals surface area (Å²) >= 11 is 0. The van der Waals surface area contributed by atoms with Crippen LogP contribution in [0.25, 0.3) is 0 Å². The van der Waals surface area contributed by atoms with E-state index in [2.05, 4.69) is 45.0 Å². The van der Waals surface area contributed by atoms with Crippen molar-refractivity contribution in [2.24, 2.45) is 11.3 Å². The van der Waals surface area contributed by atoms with E-state index >= 15 is 0 Å². The Morgan fingerprint density at radius 2 is 1.35 bits per heavy atom. The van der Waals surface area contributed by atoms with Crippen molar-refractivity contribution in [2.75, 3.05) is 0 Å². The second-order valence-electron chi connectivity index (χ2n) is 8.10. The molecule has 2 rings (SSSR count). The highest BCUT2D eigenvalue weighted by molar-refractivity contribution is 5.28. The average Bonchev–Trinajstić information content (AvgIpc) is 2.37. The molecule has 20 heavy (non-hydrogen) atoms. The molecule has 1 aromatic carbocycles. The van der Waals surface area contributed by atoms with Gasteiger partial charge in [0.25, 0.3) is 0 Å². The van der Waals surface area contributed by atoms with Crippen LogP contribution < -0.4 is 0 Å².